The minimum Gasteiger partial charge on any atom is -0.495 e. The smallest absolute Gasteiger partial charge is 0.255 e. The lowest BCUT2D eigenvalue weighted by atomic mass is 10.1. The van der Waals surface area contributed by atoms with Crippen molar-refractivity contribution in [2.24, 2.45) is 0 Å². The highest BCUT2D eigenvalue weighted by molar-refractivity contribution is 9.10. The summed E-state index contributed by atoms with van der Waals surface area (Å²) in [7, 11) is 1.48. The zero-order valence-electron chi connectivity index (χ0n) is 10.9. The molecule has 0 saturated carbocycles. The number of methoxy groups -OCH3 is 1. The Morgan fingerprint density at radius 2 is 1.86 bits per heavy atom. The van der Waals surface area contributed by atoms with Crippen LogP contribution in [-0.2, 0) is 0 Å². The Balaban J connectivity index is 2.26. The molecule has 2 aromatic rings. The summed E-state index contributed by atoms with van der Waals surface area (Å²) in [5.41, 5.74) is 4.80. The van der Waals surface area contributed by atoms with Gasteiger partial charge in [-0.15, -0.1) is 0 Å². The molecule has 1 amide bonds. The molecule has 0 fully saturated rings. The van der Waals surface area contributed by atoms with Crippen LogP contribution in [0, 0.1) is 11.6 Å². The standard InChI is InChI=1S/C14H11BrF2N2O2/c1-21-12-6-8(2-3-9(12)15)19-14(20)7-4-10(16)13(18)11(17)5-7/h2-6H,18H2,1H3,(H,19,20). The van der Waals surface area contributed by atoms with Gasteiger partial charge in [-0.2, -0.15) is 0 Å². The van der Waals surface area contributed by atoms with Crippen molar-refractivity contribution in [2.75, 3.05) is 18.2 Å². The fraction of sp³-hybridized carbons (Fsp3) is 0.0714. The van der Waals surface area contributed by atoms with Gasteiger partial charge in [0.15, 0.2) is 0 Å². The summed E-state index contributed by atoms with van der Waals surface area (Å²) < 4.78 is 32.5. The molecule has 0 heterocycles. The molecule has 0 spiro atoms. The summed E-state index contributed by atoms with van der Waals surface area (Å²) in [5, 5.41) is 2.52. The Kier molecular flexibility index (Phi) is 4.42. The molecule has 0 saturated heterocycles. The van der Waals surface area contributed by atoms with E-state index in [1.807, 2.05) is 0 Å². The second-order valence-corrected chi connectivity index (χ2v) is 5.01. The minimum atomic E-state index is -0.978. The number of rotatable bonds is 3. The molecule has 0 unspecified atom stereocenters. The van der Waals surface area contributed by atoms with Crippen LogP contribution in [0.3, 0.4) is 0 Å². The molecule has 21 heavy (non-hydrogen) atoms. The Morgan fingerprint density at radius 1 is 1.24 bits per heavy atom. The van der Waals surface area contributed by atoms with Gasteiger partial charge in [0.1, 0.15) is 23.1 Å². The summed E-state index contributed by atoms with van der Waals surface area (Å²) in [6, 6.07) is 6.63. The predicted octanol–water partition coefficient (Wildman–Crippen LogP) is 3.57. The van der Waals surface area contributed by atoms with Crippen molar-refractivity contribution in [3.05, 3.63) is 52.0 Å². The summed E-state index contributed by atoms with van der Waals surface area (Å²) in [5.74, 6) is -2.10. The van der Waals surface area contributed by atoms with Crippen LogP contribution in [0.2, 0.25) is 0 Å². The molecule has 0 bridgehead atoms. The van der Waals surface area contributed by atoms with Gasteiger partial charge in [-0.1, -0.05) is 0 Å². The lowest BCUT2D eigenvalue weighted by molar-refractivity contribution is 0.102. The highest BCUT2D eigenvalue weighted by Crippen LogP contribution is 2.28. The van der Waals surface area contributed by atoms with Gasteiger partial charge in [-0.3, -0.25) is 4.79 Å². The molecular weight excluding hydrogens is 346 g/mol. The number of carbonyl (C=O) groups excluding carboxylic acids is 1. The largest absolute Gasteiger partial charge is 0.495 e. The van der Waals surface area contributed by atoms with Crippen molar-refractivity contribution >= 4 is 33.2 Å². The van der Waals surface area contributed by atoms with Gasteiger partial charge >= 0.3 is 0 Å². The Morgan fingerprint density at radius 3 is 2.43 bits per heavy atom. The molecule has 0 aliphatic carbocycles. The lowest BCUT2D eigenvalue weighted by Gasteiger charge is -2.09. The van der Waals surface area contributed by atoms with Crippen LogP contribution in [-0.4, -0.2) is 13.0 Å². The third kappa shape index (κ3) is 3.30. The fourth-order valence-corrected chi connectivity index (χ4v) is 2.06. The van der Waals surface area contributed by atoms with Crippen LogP contribution in [0.25, 0.3) is 0 Å². The van der Waals surface area contributed by atoms with Gasteiger partial charge in [-0.25, -0.2) is 8.78 Å². The first-order chi connectivity index (χ1) is 9.92. The summed E-state index contributed by atoms with van der Waals surface area (Å²) in [6.07, 6.45) is 0. The summed E-state index contributed by atoms with van der Waals surface area (Å²) >= 11 is 3.28. The highest BCUT2D eigenvalue weighted by atomic mass is 79.9. The van der Waals surface area contributed by atoms with Crippen molar-refractivity contribution in [3.63, 3.8) is 0 Å². The molecule has 0 radical (unpaired) electrons. The first kappa shape index (κ1) is 15.2. The molecule has 2 aromatic carbocycles. The minimum absolute atomic E-state index is 0.166. The maximum Gasteiger partial charge on any atom is 0.255 e. The number of benzene rings is 2. The predicted molar refractivity (Wildman–Crippen MR) is 79.4 cm³/mol. The second kappa shape index (κ2) is 6.09. The van der Waals surface area contributed by atoms with Crippen LogP contribution in [0.1, 0.15) is 10.4 Å². The molecule has 0 aliphatic heterocycles. The summed E-state index contributed by atoms with van der Waals surface area (Å²) in [6.45, 7) is 0. The van der Waals surface area contributed by atoms with Gasteiger partial charge in [0.2, 0.25) is 0 Å². The Bertz CT molecular complexity index is 684. The average molecular weight is 357 g/mol. The van der Waals surface area contributed by atoms with E-state index in [-0.39, 0.29) is 5.56 Å². The normalized spacial score (nSPS) is 10.3. The van der Waals surface area contributed by atoms with Crippen molar-refractivity contribution in [1.29, 1.82) is 0 Å². The monoisotopic (exact) mass is 356 g/mol. The van der Waals surface area contributed by atoms with Gasteiger partial charge in [0.25, 0.3) is 5.91 Å². The SMILES string of the molecule is COc1cc(NC(=O)c2cc(F)c(N)c(F)c2)ccc1Br. The van der Waals surface area contributed by atoms with Crippen molar-refractivity contribution in [1.82, 2.24) is 0 Å². The molecule has 2 rings (SSSR count). The van der Waals surface area contributed by atoms with Crippen LogP contribution in [0.15, 0.2) is 34.8 Å². The lowest BCUT2D eigenvalue weighted by Crippen LogP contribution is -2.13. The molecule has 7 heteroatoms. The topological polar surface area (TPSA) is 64.3 Å². The van der Waals surface area contributed by atoms with E-state index in [2.05, 4.69) is 21.2 Å². The zero-order valence-corrected chi connectivity index (χ0v) is 12.5. The van der Waals surface area contributed by atoms with Crippen molar-refractivity contribution in [3.8, 4) is 5.75 Å². The molecule has 0 aromatic heterocycles. The van der Waals surface area contributed by atoms with Crippen LogP contribution in [0.4, 0.5) is 20.2 Å². The van der Waals surface area contributed by atoms with Gasteiger partial charge in [-0.05, 0) is 40.2 Å². The quantitative estimate of drug-likeness (QED) is 0.826. The number of amides is 1. The van der Waals surface area contributed by atoms with Gasteiger partial charge < -0.3 is 15.8 Å². The number of nitrogens with one attached hydrogen (secondary N) is 1. The number of hydrogen-bond donors (Lipinski definition) is 2. The number of nitrogen functional groups attached to an aromatic ring is 1. The first-order valence-electron chi connectivity index (χ1n) is 5.81. The third-order valence-corrected chi connectivity index (χ3v) is 3.41. The summed E-state index contributed by atoms with van der Waals surface area (Å²) in [4.78, 5) is 12.0. The third-order valence-electron chi connectivity index (χ3n) is 2.75. The maximum absolute atomic E-state index is 13.3. The number of hydrogen-bond acceptors (Lipinski definition) is 3. The van der Waals surface area contributed by atoms with E-state index in [1.54, 1.807) is 18.2 Å². The van der Waals surface area contributed by atoms with E-state index in [4.69, 9.17) is 10.5 Å². The van der Waals surface area contributed by atoms with E-state index >= 15 is 0 Å². The number of nitrogens with two attached hydrogens (primary N) is 1. The van der Waals surface area contributed by atoms with Crippen LogP contribution < -0.4 is 15.8 Å². The van der Waals surface area contributed by atoms with Crippen molar-refractivity contribution < 1.29 is 18.3 Å². The molecule has 110 valence electrons. The molecule has 4 nitrogen and oxygen atoms in total. The zero-order chi connectivity index (χ0) is 15.6. The van der Waals surface area contributed by atoms with E-state index in [9.17, 15) is 13.6 Å². The molecule has 3 N–H and O–H groups in total. The number of anilines is 2. The number of carbonyl (C=O) groups is 1. The highest BCUT2D eigenvalue weighted by Gasteiger charge is 2.14. The van der Waals surface area contributed by atoms with E-state index < -0.39 is 23.2 Å². The number of ether oxygens (including phenoxy) is 1. The van der Waals surface area contributed by atoms with E-state index in [0.717, 1.165) is 12.1 Å². The molecule has 0 aliphatic rings. The van der Waals surface area contributed by atoms with Gasteiger partial charge in [0.05, 0.1) is 11.6 Å². The average Bonchev–Trinajstić information content (AvgIpc) is 2.46. The van der Waals surface area contributed by atoms with E-state index in [0.29, 0.717) is 15.9 Å². The first-order valence-corrected chi connectivity index (χ1v) is 6.61. The Hall–Kier alpha value is -2.15. The fourth-order valence-electron chi connectivity index (χ4n) is 1.66. The van der Waals surface area contributed by atoms with Crippen LogP contribution in [0.5, 0.6) is 5.75 Å². The maximum atomic E-state index is 13.3. The van der Waals surface area contributed by atoms with Crippen LogP contribution >= 0.6 is 15.9 Å². The number of halogens is 3. The van der Waals surface area contributed by atoms with Crippen molar-refractivity contribution in [2.45, 2.75) is 0 Å². The second-order valence-electron chi connectivity index (χ2n) is 4.16. The van der Waals surface area contributed by atoms with E-state index in [1.165, 1.54) is 7.11 Å². The van der Waals surface area contributed by atoms with Gasteiger partial charge in [0, 0.05) is 17.3 Å². The Labute approximate surface area is 128 Å². The molecular formula is C14H11BrF2N2O2. The molecule has 0 atom stereocenters.